The summed E-state index contributed by atoms with van der Waals surface area (Å²) in [5, 5.41) is 19.9. The summed E-state index contributed by atoms with van der Waals surface area (Å²) < 4.78 is 39.6. The molecule has 0 unspecified atom stereocenters. The van der Waals surface area contributed by atoms with Crippen molar-refractivity contribution in [3.05, 3.63) is 82.4 Å². The first-order valence-corrected chi connectivity index (χ1v) is 7.37. The Morgan fingerprint density at radius 1 is 1.00 bits per heavy atom. The van der Waals surface area contributed by atoms with Crippen LogP contribution in [0.25, 0.3) is 0 Å². The van der Waals surface area contributed by atoms with Gasteiger partial charge in [0.1, 0.15) is 12.7 Å². The smallest absolute Gasteiger partial charge is 0.274 e. The van der Waals surface area contributed by atoms with Crippen molar-refractivity contribution in [1.82, 2.24) is 14.9 Å². The molecule has 0 spiro atoms. The standard InChI is InChI=1S/C16H12F3N5O2/c17-16(18,19)13-3-1-12(2-4-13)9-23(22-10-20-21-11-22)14-5-7-15(8-6-14)24(25)26/h1-8,10-11H,9H2. The first kappa shape index (κ1) is 17.4. The summed E-state index contributed by atoms with van der Waals surface area (Å²) in [4.78, 5) is 10.3. The van der Waals surface area contributed by atoms with Crippen LogP contribution in [-0.2, 0) is 12.7 Å². The minimum Gasteiger partial charge on any atom is -0.274 e. The van der Waals surface area contributed by atoms with Crippen LogP contribution in [0.15, 0.2) is 61.2 Å². The lowest BCUT2D eigenvalue weighted by atomic mass is 10.1. The molecule has 26 heavy (non-hydrogen) atoms. The highest BCUT2D eigenvalue weighted by Gasteiger charge is 2.30. The number of nitro groups is 1. The number of hydrogen-bond acceptors (Lipinski definition) is 5. The molecule has 0 saturated heterocycles. The molecule has 0 amide bonds. The SMILES string of the molecule is O=[N+]([O-])c1ccc(N(Cc2ccc(C(F)(F)F)cc2)n2cnnc2)cc1. The summed E-state index contributed by atoms with van der Waals surface area (Å²) in [7, 11) is 0. The average molecular weight is 363 g/mol. The van der Waals surface area contributed by atoms with Crippen molar-refractivity contribution in [2.45, 2.75) is 12.7 Å². The largest absolute Gasteiger partial charge is 0.416 e. The van der Waals surface area contributed by atoms with Gasteiger partial charge in [-0.2, -0.15) is 13.2 Å². The molecule has 0 radical (unpaired) electrons. The molecule has 0 aliphatic heterocycles. The normalized spacial score (nSPS) is 11.3. The summed E-state index contributed by atoms with van der Waals surface area (Å²) in [6.45, 7) is 0.216. The van der Waals surface area contributed by atoms with E-state index in [1.165, 1.54) is 36.9 Å². The number of rotatable bonds is 5. The third kappa shape index (κ3) is 3.79. The average Bonchev–Trinajstić information content (AvgIpc) is 3.14. The van der Waals surface area contributed by atoms with E-state index in [2.05, 4.69) is 10.2 Å². The molecule has 3 aromatic rings. The van der Waals surface area contributed by atoms with Gasteiger partial charge in [0.05, 0.1) is 22.7 Å². The molecule has 2 aromatic carbocycles. The quantitative estimate of drug-likeness (QED) is 0.511. The minimum atomic E-state index is -4.40. The van der Waals surface area contributed by atoms with Crippen LogP contribution in [0.5, 0.6) is 0 Å². The van der Waals surface area contributed by atoms with Crippen molar-refractivity contribution in [3.63, 3.8) is 0 Å². The van der Waals surface area contributed by atoms with Crippen LogP contribution >= 0.6 is 0 Å². The molecule has 0 bridgehead atoms. The molecular formula is C16H12F3N5O2. The van der Waals surface area contributed by atoms with Gasteiger partial charge in [-0.1, -0.05) is 12.1 Å². The van der Waals surface area contributed by atoms with Crippen molar-refractivity contribution >= 4 is 11.4 Å². The third-order valence-electron chi connectivity index (χ3n) is 3.66. The summed E-state index contributed by atoms with van der Waals surface area (Å²) in [6.07, 6.45) is -1.55. The fraction of sp³-hybridized carbons (Fsp3) is 0.125. The van der Waals surface area contributed by atoms with Crippen molar-refractivity contribution in [2.75, 3.05) is 5.01 Å². The van der Waals surface area contributed by atoms with Gasteiger partial charge in [-0.3, -0.25) is 15.1 Å². The Labute approximate surface area is 145 Å². The van der Waals surface area contributed by atoms with Crippen molar-refractivity contribution < 1.29 is 18.1 Å². The van der Waals surface area contributed by atoms with Gasteiger partial charge in [-0.05, 0) is 29.8 Å². The Hall–Kier alpha value is -3.43. The fourth-order valence-corrected chi connectivity index (χ4v) is 2.34. The number of aromatic nitrogens is 3. The molecule has 3 rings (SSSR count). The molecule has 0 saturated carbocycles. The molecular weight excluding hydrogens is 351 g/mol. The van der Waals surface area contributed by atoms with Crippen LogP contribution in [-0.4, -0.2) is 19.8 Å². The number of alkyl halides is 3. The Morgan fingerprint density at radius 3 is 2.08 bits per heavy atom. The predicted octanol–water partition coefficient (Wildman–Crippen LogP) is 3.68. The van der Waals surface area contributed by atoms with Gasteiger partial charge in [0.15, 0.2) is 0 Å². The number of non-ortho nitro benzene ring substituents is 1. The van der Waals surface area contributed by atoms with E-state index < -0.39 is 16.7 Å². The molecule has 134 valence electrons. The Kier molecular flexibility index (Phi) is 4.57. The van der Waals surface area contributed by atoms with Gasteiger partial charge in [-0.15, -0.1) is 10.2 Å². The van der Waals surface area contributed by atoms with Gasteiger partial charge >= 0.3 is 6.18 Å². The maximum absolute atomic E-state index is 12.7. The van der Waals surface area contributed by atoms with Gasteiger partial charge in [0.25, 0.3) is 5.69 Å². The highest BCUT2D eigenvalue weighted by molar-refractivity contribution is 5.51. The van der Waals surface area contributed by atoms with E-state index in [4.69, 9.17) is 0 Å². The first-order valence-electron chi connectivity index (χ1n) is 7.37. The van der Waals surface area contributed by atoms with Crippen LogP contribution in [0.1, 0.15) is 11.1 Å². The Morgan fingerprint density at radius 2 is 1.58 bits per heavy atom. The van der Waals surface area contributed by atoms with E-state index in [1.54, 1.807) is 21.8 Å². The van der Waals surface area contributed by atoms with Crippen molar-refractivity contribution in [3.8, 4) is 0 Å². The van der Waals surface area contributed by atoms with Gasteiger partial charge in [0.2, 0.25) is 0 Å². The molecule has 1 aromatic heterocycles. The third-order valence-corrected chi connectivity index (χ3v) is 3.66. The zero-order valence-electron chi connectivity index (χ0n) is 13.2. The van der Waals surface area contributed by atoms with E-state index in [-0.39, 0.29) is 12.2 Å². The highest BCUT2D eigenvalue weighted by Crippen LogP contribution is 2.29. The van der Waals surface area contributed by atoms with Crippen molar-refractivity contribution in [2.24, 2.45) is 0 Å². The van der Waals surface area contributed by atoms with E-state index in [0.717, 1.165) is 12.1 Å². The molecule has 0 N–H and O–H groups in total. The van der Waals surface area contributed by atoms with Crippen molar-refractivity contribution in [1.29, 1.82) is 0 Å². The number of nitrogens with zero attached hydrogens (tertiary/aromatic N) is 5. The molecule has 0 aliphatic rings. The van der Waals surface area contributed by atoms with Crippen LogP contribution in [0.3, 0.4) is 0 Å². The number of nitro benzene ring substituents is 1. The molecule has 0 atom stereocenters. The number of anilines is 1. The maximum atomic E-state index is 12.7. The van der Waals surface area contributed by atoms with E-state index in [9.17, 15) is 23.3 Å². The number of halogens is 3. The zero-order valence-corrected chi connectivity index (χ0v) is 13.2. The Balaban J connectivity index is 1.89. The Bertz CT molecular complexity index is 878. The second-order valence-electron chi connectivity index (χ2n) is 5.37. The summed E-state index contributed by atoms with van der Waals surface area (Å²) in [5.74, 6) is 0. The molecule has 0 fully saturated rings. The summed E-state index contributed by atoms with van der Waals surface area (Å²) in [5.41, 5.74) is 0.416. The molecule has 7 nitrogen and oxygen atoms in total. The molecule has 1 heterocycles. The first-order chi connectivity index (χ1) is 12.3. The van der Waals surface area contributed by atoms with Crippen LogP contribution in [0, 0.1) is 10.1 Å². The lowest BCUT2D eigenvalue weighted by molar-refractivity contribution is -0.384. The van der Waals surface area contributed by atoms with Gasteiger partial charge < -0.3 is 0 Å². The van der Waals surface area contributed by atoms with Gasteiger partial charge in [-0.25, -0.2) is 4.68 Å². The monoisotopic (exact) mass is 363 g/mol. The zero-order chi connectivity index (χ0) is 18.7. The fourth-order valence-electron chi connectivity index (χ4n) is 2.34. The van der Waals surface area contributed by atoms with Gasteiger partial charge in [0, 0.05) is 12.1 Å². The number of benzene rings is 2. The number of hydrogen-bond donors (Lipinski definition) is 0. The maximum Gasteiger partial charge on any atom is 0.416 e. The summed E-state index contributed by atoms with van der Waals surface area (Å²) >= 11 is 0. The summed E-state index contributed by atoms with van der Waals surface area (Å²) in [6, 6.07) is 10.6. The minimum absolute atomic E-state index is 0.0630. The van der Waals surface area contributed by atoms with E-state index in [1.807, 2.05) is 0 Å². The van der Waals surface area contributed by atoms with Crippen LogP contribution in [0.2, 0.25) is 0 Å². The van der Waals surface area contributed by atoms with Crippen LogP contribution in [0.4, 0.5) is 24.5 Å². The lowest BCUT2D eigenvalue weighted by Crippen LogP contribution is -2.27. The second-order valence-corrected chi connectivity index (χ2v) is 5.37. The second kappa shape index (κ2) is 6.82. The van der Waals surface area contributed by atoms with Crippen LogP contribution < -0.4 is 5.01 Å². The van der Waals surface area contributed by atoms with E-state index >= 15 is 0 Å². The lowest BCUT2D eigenvalue weighted by Gasteiger charge is -2.25. The highest BCUT2D eigenvalue weighted by atomic mass is 19.4. The topological polar surface area (TPSA) is 77.1 Å². The molecule has 0 aliphatic carbocycles. The molecule has 10 heteroatoms. The predicted molar refractivity (Wildman–Crippen MR) is 86.1 cm³/mol. The van der Waals surface area contributed by atoms with E-state index in [0.29, 0.717) is 11.3 Å².